The predicted molar refractivity (Wildman–Crippen MR) is 117 cm³/mol. The molecular weight excluding hydrogens is 426 g/mol. The van der Waals surface area contributed by atoms with E-state index in [0.29, 0.717) is 15.2 Å². The van der Waals surface area contributed by atoms with Gasteiger partial charge in [-0.3, -0.25) is 19.0 Å². The molecule has 1 amide bonds. The van der Waals surface area contributed by atoms with Gasteiger partial charge in [0.2, 0.25) is 5.91 Å². The summed E-state index contributed by atoms with van der Waals surface area (Å²) in [6.45, 7) is 4.09. The van der Waals surface area contributed by atoms with Crippen molar-refractivity contribution in [3.63, 3.8) is 0 Å². The van der Waals surface area contributed by atoms with E-state index in [1.54, 1.807) is 24.3 Å². The maximum absolute atomic E-state index is 12.8. The van der Waals surface area contributed by atoms with E-state index in [0.717, 1.165) is 16.0 Å². The molecule has 2 heterocycles. The number of thiophene rings is 1. The van der Waals surface area contributed by atoms with Gasteiger partial charge in [0.25, 0.3) is 5.56 Å². The summed E-state index contributed by atoms with van der Waals surface area (Å²) in [5, 5.41) is 1.19. The number of nitrogens with zero attached hydrogens (tertiary/aromatic N) is 3. The fourth-order valence-electron chi connectivity index (χ4n) is 3.07. The van der Waals surface area contributed by atoms with Crippen molar-refractivity contribution in [2.24, 2.45) is 0 Å². The van der Waals surface area contributed by atoms with Crippen molar-refractivity contribution in [3.8, 4) is 0 Å². The van der Waals surface area contributed by atoms with Crippen LogP contribution in [0.15, 0.2) is 35.4 Å². The van der Waals surface area contributed by atoms with Crippen molar-refractivity contribution in [1.29, 1.82) is 0 Å². The lowest BCUT2D eigenvalue weighted by Crippen LogP contribution is -2.36. The van der Waals surface area contributed by atoms with E-state index < -0.39 is 5.97 Å². The quantitative estimate of drug-likeness (QED) is 0.519. The number of fused-ring (bicyclic) bond motifs is 1. The van der Waals surface area contributed by atoms with E-state index in [4.69, 9.17) is 16.3 Å². The number of aromatic nitrogens is 2. The Bertz CT molecular complexity index is 1140. The van der Waals surface area contributed by atoms with Gasteiger partial charge < -0.3 is 9.64 Å². The third kappa shape index (κ3) is 4.88. The van der Waals surface area contributed by atoms with Crippen LogP contribution in [0.2, 0.25) is 5.02 Å². The molecule has 3 rings (SSSR count). The molecule has 0 N–H and O–H groups in total. The average molecular weight is 448 g/mol. The second-order valence-corrected chi connectivity index (χ2v) is 8.55. The van der Waals surface area contributed by atoms with Crippen LogP contribution in [0, 0.1) is 13.8 Å². The van der Waals surface area contributed by atoms with E-state index in [1.807, 2.05) is 13.8 Å². The second-order valence-electron chi connectivity index (χ2n) is 6.91. The summed E-state index contributed by atoms with van der Waals surface area (Å²) in [5.74, 6) is -0.775. The third-order valence-electron chi connectivity index (χ3n) is 4.91. The second kappa shape index (κ2) is 9.40. The zero-order chi connectivity index (χ0) is 21.8. The smallest absolute Gasteiger partial charge is 0.325 e. The highest BCUT2D eigenvalue weighted by molar-refractivity contribution is 7.18. The Kier molecular flexibility index (Phi) is 6.89. The lowest BCUT2D eigenvalue weighted by Gasteiger charge is -2.22. The zero-order valence-corrected chi connectivity index (χ0v) is 18.5. The van der Waals surface area contributed by atoms with Gasteiger partial charge in [-0.15, -0.1) is 11.3 Å². The van der Waals surface area contributed by atoms with Crippen molar-refractivity contribution in [3.05, 3.63) is 62.0 Å². The minimum absolute atomic E-state index is 0.0554. The number of benzene rings is 1. The number of ether oxygens (including phenoxy) is 1. The van der Waals surface area contributed by atoms with Gasteiger partial charge in [-0.05, 0) is 37.1 Å². The van der Waals surface area contributed by atoms with Gasteiger partial charge >= 0.3 is 5.97 Å². The molecule has 7 nitrogen and oxygen atoms in total. The zero-order valence-electron chi connectivity index (χ0n) is 17.0. The van der Waals surface area contributed by atoms with E-state index in [9.17, 15) is 14.4 Å². The number of aryl methyl sites for hydroxylation is 3. The van der Waals surface area contributed by atoms with Crippen LogP contribution in [-0.4, -0.2) is 40.0 Å². The predicted octanol–water partition coefficient (Wildman–Crippen LogP) is 3.32. The summed E-state index contributed by atoms with van der Waals surface area (Å²) in [7, 11) is 1.28. The third-order valence-corrected chi connectivity index (χ3v) is 6.28. The highest BCUT2D eigenvalue weighted by Gasteiger charge is 2.19. The number of hydrogen-bond donors (Lipinski definition) is 0. The summed E-state index contributed by atoms with van der Waals surface area (Å²) >= 11 is 7.39. The normalized spacial score (nSPS) is 10.9. The Balaban J connectivity index is 1.76. The molecule has 30 heavy (non-hydrogen) atoms. The molecule has 2 aromatic heterocycles. The SMILES string of the molecule is COC(=O)CN(Cc1ccc(Cl)cc1)C(=O)CCn1cnc2sc(C)c(C)c2c1=O. The number of esters is 1. The van der Waals surface area contributed by atoms with Gasteiger partial charge in [-0.1, -0.05) is 23.7 Å². The van der Waals surface area contributed by atoms with Crippen LogP contribution in [0.3, 0.4) is 0 Å². The summed E-state index contributed by atoms with van der Waals surface area (Å²) < 4.78 is 6.16. The fraction of sp³-hybridized carbons (Fsp3) is 0.333. The number of rotatable bonds is 7. The lowest BCUT2D eigenvalue weighted by atomic mass is 10.2. The molecule has 0 saturated heterocycles. The van der Waals surface area contributed by atoms with Crippen molar-refractivity contribution in [2.45, 2.75) is 33.4 Å². The number of halogens is 1. The Morgan fingerprint density at radius 1 is 1.23 bits per heavy atom. The monoisotopic (exact) mass is 447 g/mol. The van der Waals surface area contributed by atoms with Gasteiger partial charge in [-0.2, -0.15) is 0 Å². The molecule has 0 bridgehead atoms. The molecule has 0 saturated carbocycles. The van der Waals surface area contributed by atoms with E-state index >= 15 is 0 Å². The van der Waals surface area contributed by atoms with Crippen molar-refractivity contribution in [2.75, 3.05) is 13.7 Å². The number of methoxy groups -OCH3 is 1. The van der Waals surface area contributed by atoms with Crippen molar-refractivity contribution in [1.82, 2.24) is 14.5 Å². The minimum atomic E-state index is -0.512. The number of carbonyl (C=O) groups is 2. The van der Waals surface area contributed by atoms with Crippen LogP contribution in [0.5, 0.6) is 0 Å². The van der Waals surface area contributed by atoms with Gasteiger partial charge in [0, 0.05) is 29.4 Å². The molecule has 0 atom stereocenters. The van der Waals surface area contributed by atoms with Crippen LogP contribution in [0.4, 0.5) is 0 Å². The molecule has 0 aliphatic rings. The summed E-state index contributed by atoms with van der Waals surface area (Å²) in [6, 6.07) is 7.04. The largest absolute Gasteiger partial charge is 0.468 e. The first kappa shape index (κ1) is 22.0. The summed E-state index contributed by atoms with van der Waals surface area (Å²) in [6.07, 6.45) is 1.52. The maximum Gasteiger partial charge on any atom is 0.325 e. The fourth-order valence-corrected chi connectivity index (χ4v) is 4.18. The van der Waals surface area contributed by atoms with Gasteiger partial charge in [0.15, 0.2) is 0 Å². The first-order valence-corrected chi connectivity index (χ1v) is 10.5. The number of hydrogen-bond acceptors (Lipinski definition) is 6. The molecule has 0 spiro atoms. The Morgan fingerprint density at radius 3 is 2.60 bits per heavy atom. The molecule has 158 valence electrons. The highest BCUT2D eigenvalue weighted by atomic mass is 35.5. The molecule has 0 aliphatic heterocycles. The molecule has 3 aromatic rings. The maximum atomic E-state index is 12.8. The first-order valence-electron chi connectivity index (χ1n) is 9.34. The standard InChI is InChI=1S/C21H22ClN3O4S/c1-13-14(2)30-20-19(13)21(28)24(12-23-20)9-8-17(26)25(11-18(27)29-3)10-15-4-6-16(22)7-5-15/h4-7,12H,8-11H2,1-3H3. The summed E-state index contributed by atoms with van der Waals surface area (Å²) in [4.78, 5) is 45.0. The average Bonchev–Trinajstić information content (AvgIpc) is 3.02. The topological polar surface area (TPSA) is 81.5 Å². The van der Waals surface area contributed by atoms with Gasteiger partial charge in [0.05, 0.1) is 18.8 Å². The molecule has 0 fully saturated rings. The molecule has 0 unspecified atom stereocenters. The van der Waals surface area contributed by atoms with Crippen molar-refractivity contribution >= 4 is 45.0 Å². The molecule has 0 aliphatic carbocycles. The first-order chi connectivity index (χ1) is 14.3. The molecule has 0 radical (unpaired) electrons. The Labute approximate surface area is 182 Å². The van der Waals surface area contributed by atoms with E-state index in [1.165, 1.54) is 34.2 Å². The lowest BCUT2D eigenvalue weighted by molar-refractivity contribution is -0.147. The van der Waals surface area contributed by atoms with Gasteiger partial charge in [-0.25, -0.2) is 4.98 Å². The van der Waals surface area contributed by atoms with Crippen LogP contribution in [0.1, 0.15) is 22.4 Å². The van der Waals surface area contributed by atoms with Crippen LogP contribution >= 0.6 is 22.9 Å². The minimum Gasteiger partial charge on any atom is -0.468 e. The molecule has 9 heteroatoms. The number of carbonyl (C=O) groups excluding carboxylic acids is 2. The van der Waals surface area contributed by atoms with Crippen LogP contribution < -0.4 is 5.56 Å². The Morgan fingerprint density at radius 2 is 1.93 bits per heavy atom. The van der Waals surface area contributed by atoms with Crippen LogP contribution in [0.25, 0.3) is 10.2 Å². The van der Waals surface area contributed by atoms with E-state index in [-0.39, 0.29) is 37.5 Å². The Hall–Kier alpha value is -2.71. The highest BCUT2D eigenvalue weighted by Crippen LogP contribution is 2.25. The van der Waals surface area contributed by atoms with Gasteiger partial charge in [0.1, 0.15) is 11.4 Å². The van der Waals surface area contributed by atoms with Crippen molar-refractivity contribution < 1.29 is 14.3 Å². The van der Waals surface area contributed by atoms with Crippen LogP contribution in [-0.2, 0) is 27.4 Å². The molecular formula is C21H22ClN3O4S. The van der Waals surface area contributed by atoms with E-state index in [2.05, 4.69) is 4.98 Å². The summed E-state index contributed by atoms with van der Waals surface area (Å²) in [5.41, 5.74) is 1.59. The molecule has 1 aromatic carbocycles. The number of amides is 1.